The highest BCUT2D eigenvalue weighted by Gasteiger charge is 2.19. The molecule has 0 heterocycles. The first-order chi connectivity index (χ1) is 16.4. The maximum absolute atomic E-state index is 12.1. The number of ether oxygens (including phenoxy) is 3. The van der Waals surface area contributed by atoms with Crippen molar-refractivity contribution in [3.63, 3.8) is 0 Å². The van der Waals surface area contributed by atoms with Gasteiger partial charge in [-0.05, 0) is 36.6 Å². The minimum Gasteiger partial charge on any atom is -0.493 e. The predicted octanol–water partition coefficient (Wildman–Crippen LogP) is 4.33. The summed E-state index contributed by atoms with van der Waals surface area (Å²) < 4.78 is 16.6. The van der Waals surface area contributed by atoms with Crippen LogP contribution in [0.4, 0.5) is 5.69 Å². The highest BCUT2D eigenvalue weighted by Crippen LogP contribution is 2.34. The van der Waals surface area contributed by atoms with E-state index in [1.165, 1.54) is 25.5 Å². The molecule has 0 bridgehead atoms. The van der Waals surface area contributed by atoms with Gasteiger partial charge in [0.25, 0.3) is 11.6 Å². The molecule has 0 spiro atoms. The van der Waals surface area contributed by atoms with Crippen LogP contribution in [0.2, 0.25) is 0 Å². The molecule has 0 aromatic heterocycles. The van der Waals surface area contributed by atoms with E-state index in [1.807, 2.05) is 62.4 Å². The summed E-state index contributed by atoms with van der Waals surface area (Å²) in [5, 5.41) is 15.4. The van der Waals surface area contributed by atoms with Crippen molar-refractivity contribution < 1.29 is 23.9 Å². The Morgan fingerprint density at radius 3 is 2.38 bits per heavy atom. The molecule has 3 rings (SSSR count). The molecular weight excluding hydrogens is 438 g/mol. The number of nitro benzene ring substituents is 1. The number of benzene rings is 3. The Kier molecular flexibility index (Phi) is 8.17. The molecule has 9 nitrogen and oxygen atoms in total. The standard InChI is InChI=1S/C25H25N3O6/c1-17-8-7-9-18(2)25(17)34-16-24(29)27-26-14-20-12-22(32-3)23(13-21(20)28(30)31)33-15-19-10-5-4-6-11-19/h4-14H,15-16H2,1-3H3,(H,27,29)/b26-14-. The number of hydrogen-bond acceptors (Lipinski definition) is 7. The lowest BCUT2D eigenvalue weighted by Gasteiger charge is -2.12. The highest BCUT2D eigenvalue weighted by molar-refractivity contribution is 5.88. The van der Waals surface area contributed by atoms with Crippen molar-refractivity contribution in [3.05, 3.63) is 93.0 Å². The van der Waals surface area contributed by atoms with Gasteiger partial charge in [-0.1, -0.05) is 48.5 Å². The first-order valence-corrected chi connectivity index (χ1v) is 10.4. The molecule has 34 heavy (non-hydrogen) atoms. The number of para-hydroxylation sites is 1. The zero-order valence-electron chi connectivity index (χ0n) is 19.1. The Bertz CT molecular complexity index is 1170. The van der Waals surface area contributed by atoms with Crippen molar-refractivity contribution in [3.8, 4) is 17.2 Å². The van der Waals surface area contributed by atoms with Gasteiger partial charge < -0.3 is 14.2 Å². The van der Waals surface area contributed by atoms with Gasteiger partial charge in [0.05, 0.1) is 29.9 Å². The quantitative estimate of drug-likeness (QED) is 0.272. The van der Waals surface area contributed by atoms with Gasteiger partial charge in [0.2, 0.25) is 0 Å². The molecule has 1 amide bonds. The molecule has 0 atom stereocenters. The topological polar surface area (TPSA) is 112 Å². The van der Waals surface area contributed by atoms with Gasteiger partial charge in [0.15, 0.2) is 18.1 Å². The number of carbonyl (C=O) groups is 1. The van der Waals surface area contributed by atoms with Crippen LogP contribution in [-0.2, 0) is 11.4 Å². The van der Waals surface area contributed by atoms with Crippen molar-refractivity contribution in [1.82, 2.24) is 5.43 Å². The summed E-state index contributed by atoms with van der Waals surface area (Å²) in [6.45, 7) is 3.75. The van der Waals surface area contributed by atoms with E-state index < -0.39 is 10.8 Å². The number of aryl methyl sites for hydroxylation is 2. The van der Waals surface area contributed by atoms with Crippen LogP contribution in [0.5, 0.6) is 17.2 Å². The lowest BCUT2D eigenvalue weighted by molar-refractivity contribution is -0.385. The summed E-state index contributed by atoms with van der Waals surface area (Å²) in [5.74, 6) is 0.651. The van der Waals surface area contributed by atoms with Gasteiger partial charge in [0.1, 0.15) is 12.4 Å². The van der Waals surface area contributed by atoms with Crippen LogP contribution < -0.4 is 19.6 Å². The van der Waals surface area contributed by atoms with Crippen molar-refractivity contribution in [2.45, 2.75) is 20.5 Å². The number of hydrazone groups is 1. The summed E-state index contributed by atoms with van der Waals surface area (Å²) in [6.07, 6.45) is 1.18. The zero-order chi connectivity index (χ0) is 24.5. The SMILES string of the molecule is COc1cc(/C=N\NC(=O)COc2c(C)cccc2C)c([N+](=O)[O-])cc1OCc1ccccc1. The Hall–Kier alpha value is -4.40. The molecule has 0 aliphatic heterocycles. The van der Waals surface area contributed by atoms with Gasteiger partial charge in [-0.15, -0.1) is 0 Å². The van der Waals surface area contributed by atoms with Crippen LogP contribution in [0.15, 0.2) is 65.8 Å². The number of carbonyl (C=O) groups excluding carboxylic acids is 1. The van der Waals surface area contributed by atoms with Crippen LogP contribution in [0.25, 0.3) is 0 Å². The molecule has 1 N–H and O–H groups in total. The zero-order valence-corrected chi connectivity index (χ0v) is 19.1. The highest BCUT2D eigenvalue weighted by atomic mass is 16.6. The molecule has 0 aliphatic carbocycles. The van der Waals surface area contributed by atoms with E-state index in [9.17, 15) is 14.9 Å². The minimum atomic E-state index is -0.554. The number of rotatable bonds is 10. The second-order valence-electron chi connectivity index (χ2n) is 7.40. The Morgan fingerprint density at radius 2 is 1.74 bits per heavy atom. The van der Waals surface area contributed by atoms with Gasteiger partial charge in [-0.3, -0.25) is 14.9 Å². The summed E-state index contributed by atoms with van der Waals surface area (Å²) in [5.41, 5.74) is 4.95. The third-order valence-corrected chi connectivity index (χ3v) is 4.90. The molecule has 0 unspecified atom stereocenters. The molecule has 176 valence electrons. The Labute approximate surface area is 197 Å². The van der Waals surface area contributed by atoms with Crippen LogP contribution in [-0.4, -0.2) is 30.8 Å². The third-order valence-electron chi connectivity index (χ3n) is 4.90. The van der Waals surface area contributed by atoms with Crippen molar-refractivity contribution in [2.75, 3.05) is 13.7 Å². The lowest BCUT2D eigenvalue weighted by atomic mass is 10.1. The van der Waals surface area contributed by atoms with E-state index in [4.69, 9.17) is 14.2 Å². The van der Waals surface area contributed by atoms with Gasteiger partial charge >= 0.3 is 0 Å². The third kappa shape index (κ3) is 6.32. The maximum Gasteiger partial charge on any atom is 0.282 e. The molecular formula is C25H25N3O6. The van der Waals surface area contributed by atoms with E-state index >= 15 is 0 Å². The average molecular weight is 463 g/mol. The van der Waals surface area contributed by atoms with Crippen LogP contribution in [0, 0.1) is 24.0 Å². The lowest BCUT2D eigenvalue weighted by Crippen LogP contribution is -2.25. The van der Waals surface area contributed by atoms with Gasteiger partial charge in [0, 0.05) is 0 Å². The number of nitro groups is 1. The van der Waals surface area contributed by atoms with Gasteiger partial charge in [-0.25, -0.2) is 5.43 Å². The normalized spacial score (nSPS) is 10.7. The van der Waals surface area contributed by atoms with E-state index in [0.29, 0.717) is 11.5 Å². The second-order valence-corrected chi connectivity index (χ2v) is 7.40. The molecule has 9 heteroatoms. The second kappa shape index (κ2) is 11.5. The van der Waals surface area contributed by atoms with E-state index in [-0.39, 0.29) is 30.2 Å². The fourth-order valence-corrected chi connectivity index (χ4v) is 3.20. The molecule has 3 aromatic rings. The Balaban J connectivity index is 1.69. The van der Waals surface area contributed by atoms with Gasteiger partial charge in [-0.2, -0.15) is 5.10 Å². The molecule has 3 aromatic carbocycles. The number of methoxy groups -OCH3 is 1. The van der Waals surface area contributed by atoms with Crippen molar-refractivity contribution >= 4 is 17.8 Å². The smallest absolute Gasteiger partial charge is 0.282 e. The molecule has 0 fully saturated rings. The van der Waals surface area contributed by atoms with Crippen molar-refractivity contribution in [1.29, 1.82) is 0 Å². The van der Waals surface area contributed by atoms with Crippen LogP contribution in [0.1, 0.15) is 22.3 Å². The summed E-state index contributed by atoms with van der Waals surface area (Å²) in [6, 6.07) is 17.8. The van der Waals surface area contributed by atoms with E-state index in [1.54, 1.807) is 0 Å². The summed E-state index contributed by atoms with van der Waals surface area (Å²) >= 11 is 0. The number of amides is 1. The number of hydrogen-bond donors (Lipinski definition) is 1. The molecule has 0 saturated carbocycles. The maximum atomic E-state index is 12.1. The first-order valence-electron chi connectivity index (χ1n) is 10.4. The van der Waals surface area contributed by atoms with Crippen molar-refractivity contribution in [2.24, 2.45) is 5.10 Å². The first kappa shape index (κ1) is 24.2. The number of nitrogens with zero attached hydrogens (tertiary/aromatic N) is 2. The average Bonchev–Trinajstić information content (AvgIpc) is 2.83. The summed E-state index contributed by atoms with van der Waals surface area (Å²) in [7, 11) is 1.43. The van der Waals surface area contributed by atoms with Crippen LogP contribution in [0.3, 0.4) is 0 Å². The van der Waals surface area contributed by atoms with E-state index in [0.717, 1.165) is 16.7 Å². The fourth-order valence-electron chi connectivity index (χ4n) is 3.20. The predicted molar refractivity (Wildman–Crippen MR) is 128 cm³/mol. The van der Waals surface area contributed by atoms with Crippen LogP contribution >= 0.6 is 0 Å². The van der Waals surface area contributed by atoms with E-state index in [2.05, 4.69) is 10.5 Å². The monoisotopic (exact) mass is 463 g/mol. The Morgan fingerprint density at radius 1 is 1.03 bits per heavy atom. The summed E-state index contributed by atoms with van der Waals surface area (Å²) in [4.78, 5) is 23.2. The molecule has 0 saturated heterocycles. The minimum absolute atomic E-state index is 0.143. The largest absolute Gasteiger partial charge is 0.493 e. The fraction of sp³-hybridized carbons (Fsp3) is 0.200. The number of nitrogens with one attached hydrogen (secondary N) is 1. The molecule has 0 radical (unpaired) electrons. The molecule has 0 aliphatic rings.